The van der Waals surface area contributed by atoms with E-state index < -0.39 is 34.6 Å². The summed E-state index contributed by atoms with van der Waals surface area (Å²) in [5, 5.41) is 0. The molecule has 0 bridgehead atoms. The molecule has 2 heterocycles. The quantitative estimate of drug-likeness (QED) is 0.459. The van der Waals surface area contributed by atoms with Crippen molar-refractivity contribution < 1.29 is 28.7 Å². The maximum absolute atomic E-state index is 13.0. The van der Waals surface area contributed by atoms with Gasteiger partial charge >= 0.3 is 23.8 Å². The van der Waals surface area contributed by atoms with Gasteiger partial charge in [0.1, 0.15) is 0 Å². The van der Waals surface area contributed by atoms with Crippen LogP contribution in [0.4, 0.5) is 0 Å². The number of aromatic nitrogens is 2. The van der Waals surface area contributed by atoms with E-state index in [9.17, 15) is 19.2 Å². The maximum atomic E-state index is 13.0. The fourth-order valence-electron chi connectivity index (χ4n) is 3.74. The lowest BCUT2D eigenvalue weighted by molar-refractivity contribution is -0.134. The molecule has 0 unspecified atom stereocenters. The second-order valence-corrected chi connectivity index (χ2v) is 10.6. The van der Waals surface area contributed by atoms with Gasteiger partial charge in [0.2, 0.25) is 0 Å². The number of hydrogen-bond acceptors (Lipinski definition) is 6. The molecule has 0 aliphatic rings. The lowest BCUT2D eigenvalue weighted by Gasteiger charge is -2.24. The van der Waals surface area contributed by atoms with Crippen LogP contribution in [0.3, 0.4) is 0 Å². The highest BCUT2D eigenvalue weighted by atomic mass is 16.5. The molecule has 0 aliphatic carbocycles. The molecule has 0 atom stereocenters. The third kappa shape index (κ3) is 5.98. The van der Waals surface area contributed by atoms with Crippen molar-refractivity contribution in [3.63, 3.8) is 0 Å². The summed E-state index contributed by atoms with van der Waals surface area (Å²) in [7, 11) is 0. The molecule has 2 amide bonds. The van der Waals surface area contributed by atoms with Crippen LogP contribution < -0.4 is 10.9 Å². The van der Waals surface area contributed by atoms with Gasteiger partial charge in [-0.1, -0.05) is 41.5 Å². The van der Waals surface area contributed by atoms with E-state index in [0.717, 1.165) is 0 Å². The minimum Gasteiger partial charge on any atom is -0.462 e. The number of carbonyl (C=O) groups excluding carboxylic acids is 4. The van der Waals surface area contributed by atoms with Crippen molar-refractivity contribution in [1.29, 1.82) is 0 Å². The predicted molar refractivity (Wildman–Crippen MR) is 136 cm³/mol. The molecule has 198 valence electrons. The minimum atomic E-state index is -0.944. The van der Waals surface area contributed by atoms with Crippen LogP contribution in [0.5, 0.6) is 0 Å². The zero-order valence-electron chi connectivity index (χ0n) is 22.9. The first-order valence-corrected chi connectivity index (χ1v) is 12.0. The fourth-order valence-corrected chi connectivity index (χ4v) is 3.74. The van der Waals surface area contributed by atoms with E-state index >= 15 is 0 Å². The molecule has 0 spiro atoms. The Balaban J connectivity index is 2.43. The van der Waals surface area contributed by atoms with Crippen LogP contribution in [0.1, 0.15) is 98.9 Å². The van der Waals surface area contributed by atoms with Gasteiger partial charge in [0.25, 0.3) is 0 Å². The molecule has 0 radical (unpaired) electrons. The summed E-state index contributed by atoms with van der Waals surface area (Å²) in [5.74, 6) is -2.91. The van der Waals surface area contributed by atoms with E-state index in [0.29, 0.717) is 33.9 Å². The highest BCUT2D eigenvalue weighted by molar-refractivity contribution is 6.41. The summed E-state index contributed by atoms with van der Waals surface area (Å²) < 4.78 is 13.1. The number of nitrogens with zero attached hydrogens (tertiary/aromatic N) is 2. The third-order valence-corrected chi connectivity index (χ3v) is 5.65. The van der Waals surface area contributed by atoms with Crippen molar-refractivity contribution in [3.05, 3.63) is 46.0 Å². The van der Waals surface area contributed by atoms with Crippen molar-refractivity contribution in [3.8, 4) is 0 Å². The monoisotopic (exact) mass is 502 g/mol. The number of hydrogen-bond donors (Lipinski definition) is 2. The lowest BCUT2D eigenvalue weighted by Crippen LogP contribution is -2.41. The number of esters is 2. The zero-order valence-corrected chi connectivity index (χ0v) is 22.9. The standard InChI is InChI=1S/C26H38N4O6/c1-11-35-23(33)17-13-19(25(5,6)7)29(15(17)3)27-21(31)22(32)28-30-16(4)18(24(34)36-12-2)14-20(30)26(8,9)10/h13-14H,11-12H2,1-10H3,(H,27,31)(H,28,32). The molecular weight excluding hydrogens is 464 g/mol. The third-order valence-electron chi connectivity index (χ3n) is 5.65. The second-order valence-electron chi connectivity index (χ2n) is 10.6. The highest BCUT2D eigenvalue weighted by Crippen LogP contribution is 2.28. The van der Waals surface area contributed by atoms with Gasteiger partial charge in [0.05, 0.1) is 35.7 Å². The van der Waals surface area contributed by atoms with E-state index in [1.165, 1.54) is 9.35 Å². The summed E-state index contributed by atoms with van der Waals surface area (Å²) in [5.41, 5.74) is 7.04. The van der Waals surface area contributed by atoms with Gasteiger partial charge in [-0.15, -0.1) is 0 Å². The Morgan fingerprint density at radius 2 is 1.00 bits per heavy atom. The van der Waals surface area contributed by atoms with Gasteiger partial charge < -0.3 is 9.47 Å². The second kappa shape index (κ2) is 10.6. The van der Waals surface area contributed by atoms with E-state index in [2.05, 4.69) is 10.9 Å². The van der Waals surface area contributed by atoms with Crippen LogP contribution in [-0.4, -0.2) is 46.3 Å². The Morgan fingerprint density at radius 3 is 1.25 bits per heavy atom. The molecule has 2 rings (SSSR count). The number of ether oxygens (including phenoxy) is 2. The van der Waals surface area contributed by atoms with E-state index in [1.54, 1.807) is 39.8 Å². The van der Waals surface area contributed by atoms with Crippen LogP contribution in [-0.2, 0) is 29.9 Å². The summed E-state index contributed by atoms with van der Waals surface area (Å²) in [4.78, 5) is 50.9. The minimum absolute atomic E-state index is 0.211. The molecule has 0 aromatic carbocycles. The smallest absolute Gasteiger partial charge is 0.340 e. The first kappa shape index (κ1) is 28.7. The van der Waals surface area contributed by atoms with Crippen molar-refractivity contribution in [2.24, 2.45) is 0 Å². The topological polar surface area (TPSA) is 121 Å². The number of carbonyl (C=O) groups is 4. The Morgan fingerprint density at radius 1 is 0.694 bits per heavy atom. The van der Waals surface area contributed by atoms with E-state index in [1.807, 2.05) is 41.5 Å². The largest absolute Gasteiger partial charge is 0.462 e. The zero-order chi connectivity index (χ0) is 27.6. The Labute approximate surface area is 212 Å². The van der Waals surface area contributed by atoms with Crippen LogP contribution in [0.2, 0.25) is 0 Å². The maximum Gasteiger partial charge on any atom is 0.340 e. The first-order chi connectivity index (χ1) is 16.5. The molecule has 2 aromatic heterocycles. The summed E-state index contributed by atoms with van der Waals surface area (Å²) in [6.07, 6.45) is 0. The van der Waals surface area contributed by atoms with Gasteiger partial charge in [-0.05, 0) is 39.8 Å². The molecule has 0 saturated heterocycles. The van der Waals surface area contributed by atoms with Crippen LogP contribution in [0, 0.1) is 13.8 Å². The molecule has 0 saturated carbocycles. The van der Waals surface area contributed by atoms with Crippen LogP contribution in [0.15, 0.2) is 12.1 Å². The van der Waals surface area contributed by atoms with Gasteiger partial charge in [-0.2, -0.15) is 0 Å². The average molecular weight is 503 g/mol. The van der Waals surface area contributed by atoms with Crippen molar-refractivity contribution in [2.75, 3.05) is 24.1 Å². The van der Waals surface area contributed by atoms with E-state index in [-0.39, 0.29) is 13.2 Å². The fraction of sp³-hybridized carbons (Fsp3) is 0.538. The number of amides is 2. The van der Waals surface area contributed by atoms with Gasteiger partial charge in [0, 0.05) is 22.2 Å². The number of nitrogens with one attached hydrogen (secondary N) is 2. The van der Waals surface area contributed by atoms with Crippen LogP contribution in [0.25, 0.3) is 0 Å². The normalized spacial score (nSPS) is 11.7. The van der Waals surface area contributed by atoms with Crippen molar-refractivity contribution in [1.82, 2.24) is 9.35 Å². The molecule has 10 heteroatoms. The Kier molecular flexibility index (Phi) is 8.44. The first-order valence-electron chi connectivity index (χ1n) is 12.0. The molecule has 2 aromatic rings. The van der Waals surface area contributed by atoms with Crippen molar-refractivity contribution in [2.45, 2.75) is 80.1 Å². The average Bonchev–Trinajstić information content (AvgIpc) is 3.26. The lowest BCUT2D eigenvalue weighted by atomic mass is 9.92. The summed E-state index contributed by atoms with van der Waals surface area (Å²) in [6, 6.07) is 3.32. The predicted octanol–water partition coefficient (Wildman–Crippen LogP) is 3.70. The Hall–Kier alpha value is -3.56. The molecule has 2 N–H and O–H groups in total. The van der Waals surface area contributed by atoms with Gasteiger partial charge in [0.15, 0.2) is 0 Å². The Bertz CT molecular complexity index is 1080. The van der Waals surface area contributed by atoms with Crippen molar-refractivity contribution >= 4 is 23.8 Å². The SMILES string of the molecule is CCOC(=O)c1cc(C(C)(C)C)n(NC(=O)C(=O)Nn2c(C(C)(C)C)cc(C(=O)OCC)c2C)c1C. The number of rotatable bonds is 6. The van der Waals surface area contributed by atoms with Gasteiger partial charge in [-0.3, -0.25) is 29.8 Å². The molecule has 36 heavy (non-hydrogen) atoms. The summed E-state index contributed by atoms with van der Waals surface area (Å²) >= 11 is 0. The molecule has 0 aliphatic heterocycles. The molecule has 10 nitrogen and oxygen atoms in total. The van der Waals surface area contributed by atoms with Crippen LogP contribution >= 0.6 is 0 Å². The highest BCUT2D eigenvalue weighted by Gasteiger charge is 2.30. The summed E-state index contributed by atoms with van der Waals surface area (Å²) in [6.45, 7) is 18.7. The molecular formula is C26H38N4O6. The van der Waals surface area contributed by atoms with Gasteiger partial charge in [-0.25, -0.2) is 9.59 Å². The molecule has 0 fully saturated rings. The van der Waals surface area contributed by atoms with E-state index in [4.69, 9.17) is 9.47 Å².